The molecule has 1 rings (SSSR count). The zero-order chi connectivity index (χ0) is 13.3. The van der Waals surface area contributed by atoms with Crippen LogP contribution in [0.3, 0.4) is 0 Å². The SMILES string of the molecule is CCCCCCCC(CCCCCC)C1(C)N=N1. The Hall–Kier alpha value is -0.400. The monoisotopic (exact) mass is 252 g/mol. The highest BCUT2D eigenvalue weighted by Gasteiger charge is 2.41. The van der Waals surface area contributed by atoms with E-state index in [-0.39, 0.29) is 5.66 Å². The molecule has 1 atom stereocenters. The first kappa shape index (κ1) is 15.7. The maximum absolute atomic E-state index is 4.27. The van der Waals surface area contributed by atoms with Gasteiger partial charge < -0.3 is 0 Å². The number of rotatable bonds is 12. The minimum absolute atomic E-state index is 0.0109. The van der Waals surface area contributed by atoms with Crippen LogP contribution >= 0.6 is 0 Å². The summed E-state index contributed by atoms with van der Waals surface area (Å²) in [6.07, 6.45) is 15.0. The molecule has 0 saturated heterocycles. The zero-order valence-electron chi connectivity index (χ0n) is 12.7. The Morgan fingerprint density at radius 2 is 1.17 bits per heavy atom. The number of unbranched alkanes of at least 4 members (excludes halogenated alkanes) is 7. The van der Waals surface area contributed by atoms with Gasteiger partial charge in [0.2, 0.25) is 0 Å². The standard InChI is InChI=1S/C16H32N2/c1-4-6-8-10-12-14-15(16(3)17-18-16)13-11-9-7-5-2/h15H,4-14H2,1-3H3. The van der Waals surface area contributed by atoms with Gasteiger partial charge in [-0.2, -0.15) is 10.2 Å². The molecular formula is C16H32N2. The molecule has 0 spiro atoms. The predicted octanol–water partition coefficient (Wildman–Crippen LogP) is 6.12. The van der Waals surface area contributed by atoms with E-state index in [4.69, 9.17) is 0 Å². The van der Waals surface area contributed by atoms with Crippen LogP contribution in [0, 0.1) is 5.92 Å². The van der Waals surface area contributed by atoms with E-state index in [1.54, 1.807) is 0 Å². The molecular weight excluding hydrogens is 220 g/mol. The van der Waals surface area contributed by atoms with Gasteiger partial charge in [0.1, 0.15) is 0 Å². The summed E-state index contributed by atoms with van der Waals surface area (Å²) in [5.41, 5.74) is 0.0109. The van der Waals surface area contributed by atoms with Crippen molar-refractivity contribution in [1.82, 2.24) is 0 Å². The van der Waals surface area contributed by atoms with Crippen LogP contribution in [0.15, 0.2) is 10.2 Å². The topological polar surface area (TPSA) is 24.7 Å². The molecule has 0 radical (unpaired) electrons. The second-order valence-corrected chi connectivity index (χ2v) is 6.04. The molecule has 0 aromatic carbocycles. The van der Waals surface area contributed by atoms with Gasteiger partial charge in [-0.3, -0.25) is 0 Å². The molecule has 0 aliphatic carbocycles. The molecule has 106 valence electrons. The molecule has 2 nitrogen and oxygen atoms in total. The fourth-order valence-corrected chi connectivity index (χ4v) is 2.75. The summed E-state index contributed by atoms with van der Waals surface area (Å²) >= 11 is 0. The van der Waals surface area contributed by atoms with Crippen LogP contribution in [0.25, 0.3) is 0 Å². The van der Waals surface area contributed by atoms with Gasteiger partial charge in [-0.05, 0) is 19.8 Å². The van der Waals surface area contributed by atoms with Gasteiger partial charge in [-0.1, -0.05) is 71.6 Å². The first-order valence-corrected chi connectivity index (χ1v) is 8.17. The average Bonchev–Trinajstić information content (AvgIpc) is 3.11. The first-order chi connectivity index (χ1) is 8.73. The number of hydrogen-bond donors (Lipinski definition) is 0. The maximum Gasteiger partial charge on any atom is 0.191 e. The van der Waals surface area contributed by atoms with Crippen LogP contribution in [0.1, 0.15) is 91.4 Å². The van der Waals surface area contributed by atoms with Crippen molar-refractivity contribution in [1.29, 1.82) is 0 Å². The summed E-state index contributed by atoms with van der Waals surface area (Å²) in [7, 11) is 0. The van der Waals surface area contributed by atoms with Gasteiger partial charge in [-0.15, -0.1) is 0 Å². The van der Waals surface area contributed by atoms with E-state index in [0.717, 1.165) is 5.92 Å². The lowest BCUT2D eigenvalue weighted by molar-refractivity contribution is 0.322. The van der Waals surface area contributed by atoms with Gasteiger partial charge in [0, 0.05) is 5.92 Å². The maximum atomic E-state index is 4.27. The molecule has 2 heteroatoms. The number of hydrogen-bond acceptors (Lipinski definition) is 2. The fraction of sp³-hybridized carbons (Fsp3) is 1.00. The smallest absolute Gasteiger partial charge is 0.159 e. The molecule has 0 aromatic heterocycles. The highest BCUT2D eigenvalue weighted by atomic mass is 15.4. The summed E-state index contributed by atoms with van der Waals surface area (Å²) in [6, 6.07) is 0. The van der Waals surface area contributed by atoms with Crippen molar-refractivity contribution in [2.45, 2.75) is 97.1 Å². The van der Waals surface area contributed by atoms with E-state index in [2.05, 4.69) is 31.0 Å². The lowest BCUT2D eigenvalue weighted by Crippen LogP contribution is -2.20. The van der Waals surface area contributed by atoms with Crippen LogP contribution in [0.4, 0.5) is 0 Å². The van der Waals surface area contributed by atoms with E-state index in [1.165, 1.54) is 70.6 Å². The molecule has 1 heterocycles. The van der Waals surface area contributed by atoms with Crippen molar-refractivity contribution >= 4 is 0 Å². The molecule has 0 amide bonds. The third-order valence-corrected chi connectivity index (χ3v) is 4.25. The van der Waals surface area contributed by atoms with Crippen LogP contribution < -0.4 is 0 Å². The Morgan fingerprint density at radius 3 is 1.61 bits per heavy atom. The van der Waals surface area contributed by atoms with Gasteiger partial charge >= 0.3 is 0 Å². The Kier molecular flexibility index (Phi) is 7.53. The van der Waals surface area contributed by atoms with Crippen molar-refractivity contribution in [3.63, 3.8) is 0 Å². The molecule has 1 unspecified atom stereocenters. The summed E-state index contributed by atoms with van der Waals surface area (Å²) in [5.74, 6) is 0.719. The number of nitrogens with zero attached hydrogens (tertiary/aromatic N) is 2. The Balaban J connectivity index is 2.12. The summed E-state index contributed by atoms with van der Waals surface area (Å²) in [6.45, 7) is 6.77. The third kappa shape index (κ3) is 5.97. The first-order valence-electron chi connectivity index (χ1n) is 8.17. The van der Waals surface area contributed by atoms with E-state index in [0.29, 0.717) is 0 Å². The highest BCUT2D eigenvalue weighted by Crippen LogP contribution is 2.41. The molecule has 18 heavy (non-hydrogen) atoms. The van der Waals surface area contributed by atoms with E-state index >= 15 is 0 Å². The third-order valence-electron chi connectivity index (χ3n) is 4.25. The second kappa shape index (κ2) is 8.66. The van der Waals surface area contributed by atoms with Gasteiger partial charge in [0.05, 0.1) is 0 Å². The van der Waals surface area contributed by atoms with Crippen molar-refractivity contribution in [2.24, 2.45) is 16.1 Å². The molecule has 0 fully saturated rings. The largest absolute Gasteiger partial charge is 0.191 e. The fourth-order valence-electron chi connectivity index (χ4n) is 2.75. The van der Waals surface area contributed by atoms with E-state index in [9.17, 15) is 0 Å². The van der Waals surface area contributed by atoms with Crippen LogP contribution in [-0.4, -0.2) is 5.66 Å². The minimum atomic E-state index is 0.0109. The summed E-state index contributed by atoms with van der Waals surface area (Å²) in [4.78, 5) is 0. The Morgan fingerprint density at radius 1 is 0.722 bits per heavy atom. The van der Waals surface area contributed by atoms with Crippen LogP contribution in [0.2, 0.25) is 0 Å². The van der Waals surface area contributed by atoms with Crippen LogP contribution in [0.5, 0.6) is 0 Å². The lowest BCUT2D eigenvalue weighted by Gasteiger charge is -2.19. The van der Waals surface area contributed by atoms with E-state index < -0.39 is 0 Å². The van der Waals surface area contributed by atoms with Crippen molar-refractivity contribution in [3.05, 3.63) is 0 Å². The predicted molar refractivity (Wildman–Crippen MR) is 78.9 cm³/mol. The van der Waals surface area contributed by atoms with Crippen molar-refractivity contribution in [3.8, 4) is 0 Å². The molecule has 0 aromatic rings. The van der Waals surface area contributed by atoms with Gasteiger partial charge in [0.25, 0.3) is 0 Å². The lowest BCUT2D eigenvalue weighted by atomic mass is 9.86. The second-order valence-electron chi connectivity index (χ2n) is 6.04. The molecule has 0 N–H and O–H groups in total. The molecule has 0 saturated carbocycles. The van der Waals surface area contributed by atoms with E-state index in [1.807, 2.05) is 0 Å². The van der Waals surface area contributed by atoms with Crippen molar-refractivity contribution in [2.75, 3.05) is 0 Å². The zero-order valence-corrected chi connectivity index (χ0v) is 12.7. The average molecular weight is 252 g/mol. The quantitative estimate of drug-likeness (QED) is 0.374. The van der Waals surface area contributed by atoms with Crippen molar-refractivity contribution < 1.29 is 0 Å². The molecule has 1 aliphatic heterocycles. The highest BCUT2D eigenvalue weighted by molar-refractivity contribution is 4.94. The van der Waals surface area contributed by atoms with Crippen LogP contribution in [-0.2, 0) is 0 Å². The molecule has 0 bridgehead atoms. The summed E-state index contributed by atoms with van der Waals surface area (Å²) < 4.78 is 0. The molecule has 1 aliphatic rings. The minimum Gasteiger partial charge on any atom is -0.159 e. The summed E-state index contributed by atoms with van der Waals surface area (Å²) in [5, 5.41) is 8.55. The normalized spacial score (nSPS) is 17.9. The van der Waals surface area contributed by atoms with Gasteiger partial charge in [-0.25, -0.2) is 0 Å². The Bertz CT molecular complexity index is 229. The van der Waals surface area contributed by atoms with Gasteiger partial charge in [0.15, 0.2) is 5.66 Å². The Labute approximate surface area is 114 Å².